The van der Waals surface area contributed by atoms with E-state index >= 15 is 0 Å². The molecule has 3 rings (SSSR count). The Morgan fingerprint density at radius 1 is 1.29 bits per heavy atom. The molecule has 1 atom stereocenters. The summed E-state index contributed by atoms with van der Waals surface area (Å²) < 4.78 is 5.81. The van der Waals surface area contributed by atoms with Crippen LogP contribution in [0.2, 0.25) is 0 Å². The summed E-state index contributed by atoms with van der Waals surface area (Å²) in [5.74, 6) is 0.380. The maximum atomic E-state index is 12.1. The number of nitrogens with zero attached hydrogens (tertiary/aromatic N) is 1. The molecule has 6 nitrogen and oxygen atoms in total. The molecule has 2 heterocycles. The first-order valence-electron chi connectivity index (χ1n) is 7.29. The van der Waals surface area contributed by atoms with Gasteiger partial charge in [0, 0.05) is 23.2 Å². The normalized spacial score (nSPS) is 11.7. The van der Waals surface area contributed by atoms with E-state index in [1.54, 1.807) is 0 Å². The smallest absolute Gasteiger partial charge is 0.257 e. The van der Waals surface area contributed by atoms with Crippen molar-refractivity contribution >= 4 is 22.4 Å². The number of aromatic amines is 1. The van der Waals surface area contributed by atoms with Gasteiger partial charge in [0.05, 0.1) is 5.69 Å². The van der Waals surface area contributed by atoms with Gasteiger partial charge in [-0.25, -0.2) is 4.98 Å². The Balaban J connectivity index is 1.67. The molecule has 122 valence electrons. The van der Waals surface area contributed by atoms with Crippen LogP contribution in [0, 0.1) is 0 Å². The van der Waals surface area contributed by atoms with Crippen LogP contribution in [0.3, 0.4) is 0 Å². The van der Waals surface area contributed by atoms with E-state index in [1.807, 2.05) is 42.6 Å². The second-order valence-electron chi connectivity index (χ2n) is 5.05. The van der Waals surface area contributed by atoms with Gasteiger partial charge in [0.1, 0.15) is 11.9 Å². The first-order valence-corrected chi connectivity index (χ1v) is 8.17. The number of rotatable bonds is 5. The Morgan fingerprint density at radius 2 is 2.08 bits per heavy atom. The van der Waals surface area contributed by atoms with Crippen LogP contribution >= 0.6 is 11.3 Å². The predicted octanol–water partition coefficient (Wildman–Crippen LogP) is 3.22. The number of benzene rings is 1. The molecule has 0 aliphatic heterocycles. The van der Waals surface area contributed by atoms with E-state index in [9.17, 15) is 9.59 Å². The molecular formula is C17H15N3O3S. The van der Waals surface area contributed by atoms with Crippen LogP contribution in [0.4, 0.5) is 5.13 Å². The Labute approximate surface area is 142 Å². The minimum atomic E-state index is -0.376. The molecule has 0 aliphatic rings. The number of hydrogen-bond donors (Lipinski definition) is 2. The van der Waals surface area contributed by atoms with Gasteiger partial charge in [-0.05, 0) is 25.1 Å². The van der Waals surface area contributed by atoms with Crippen LogP contribution in [-0.4, -0.2) is 15.9 Å². The summed E-state index contributed by atoms with van der Waals surface area (Å²) in [5, 5.41) is 4.98. The predicted molar refractivity (Wildman–Crippen MR) is 92.6 cm³/mol. The lowest BCUT2D eigenvalue weighted by molar-refractivity contribution is 0.102. The number of anilines is 1. The second-order valence-corrected chi connectivity index (χ2v) is 5.90. The third kappa shape index (κ3) is 3.88. The fourth-order valence-corrected chi connectivity index (χ4v) is 2.84. The van der Waals surface area contributed by atoms with Crippen LogP contribution < -0.4 is 15.6 Å². The van der Waals surface area contributed by atoms with Gasteiger partial charge >= 0.3 is 0 Å². The highest BCUT2D eigenvalue weighted by Gasteiger charge is 2.14. The summed E-state index contributed by atoms with van der Waals surface area (Å²) in [4.78, 5) is 30.2. The highest BCUT2D eigenvalue weighted by atomic mass is 32.1. The van der Waals surface area contributed by atoms with Crippen LogP contribution in [0.1, 0.15) is 29.1 Å². The molecule has 1 amide bonds. The number of amides is 1. The highest BCUT2D eigenvalue weighted by molar-refractivity contribution is 7.14. The first kappa shape index (κ1) is 15.9. The van der Waals surface area contributed by atoms with Gasteiger partial charge < -0.3 is 9.72 Å². The van der Waals surface area contributed by atoms with Crippen LogP contribution in [0.25, 0.3) is 0 Å². The zero-order chi connectivity index (χ0) is 16.9. The van der Waals surface area contributed by atoms with E-state index in [4.69, 9.17) is 4.74 Å². The van der Waals surface area contributed by atoms with Gasteiger partial charge in [-0.15, -0.1) is 11.3 Å². The Kier molecular flexibility index (Phi) is 4.72. The first-order chi connectivity index (χ1) is 11.6. The van der Waals surface area contributed by atoms with Gasteiger partial charge in [0.2, 0.25) is 5.56 Å². The van der Waals surface area contributed by atoms with Crippen molar-refractivity contribution in [2.24, 2.45) is 0 Å². The average molecular weight is 341 g/mol. The van der Waals surface area contributed by atoms with Crippen molar-refractivity contribution in [3.63, 3.8) is 0 Å². The summed E-state index contributed by atoms with van der Waals surface area (Å²) in [6.45, 7) is 1.89. The Hall–Kier alpha value is -2.93. The fourth-order valence-electron chi connectivity index (χ4n) is 2.05. The minimum absolute atomic E-state index is 0.242. The van der Waals surface area contributed by atoms with Crippen molar-refractivity contribution in [3.05, 3.63) is 75.7 Å². The minimum Gasteiger partial charge on any atom is -0.484 e. The summed E-state index contributed by atoms with van der Waals surface area (Å²) in [6.07, 6.45) is 1.19. The summed E-state index contributed by atoms with van der Waals surface area (Å²) >= 11 is 1.31. The molecule has 2 aromatic heterocycles. The Bertz CT molecular complexity index is 889. The van der Waals surface area contributed by atoms with E-state index in [0.29, 0.717) is 5.13 Å². The van der Waals surface area contributed by atoms with Gasteiger partial charge in [-0.3, -0.25) is 14.9 Å². The summed E-state index contributed by atoms with van der Waals surface area (Å²) in [6, 6.07) is 12.2. The van der Waals surface area contributed by atoms with E-state index in [2.05, 4.69) is 15.3 Å². The van der Waals surface area contributed by atoms with E-state index < -0.39 is 0 Å². The molecule has 1 unspecified atom stereocenters. The van der Waals surface area contributed by atoms with Gasteiger partial charge in [0.25, 0.3) is 5.91 Å². The molecule has 2 N–H and O–H groups in total. The quantitative estimate of drug-likeness (QED) is 0.746. The molecule has 24 heavy (non-hydrogen) atoms. The summed E-state index contributed by atoms with van der Waals surface area (Å²) in [5.41, 5.74) is 0.682. The number of nitrogens with one attached hydrogen (secondary N) is 2. The molecule has 3 aromatic rings. The number of thiazole rings is 1. The molecule has 0 bridgehead atoms. The SMILES string of the molecule is CC(Oc1ccccc1)c1csc(NC(=O)c2cc[nH]c(=O)c2)n1. The van der Waals surface area contributed by atoms with Crippen molar-refractivity contribution in [1.82, 2.24) is 9.97 Å². The third-order valence-corrected chi connectivity index (χ3v) is 4.03. The second kappa shape index (κ2) is 7.10. The lowest BCUT2D eigenvalue weighted by Crippen LogP contribution is -2.15. The monoisotopic (exact) mass is 341 g/mol. The number of para-hydroxylation sites is 1. The molecule has 0 radical (unpaired) electrons. The van der Waals surface area contributed by atoms with Crippen LogP contribution in [-0.2, 0) is 0 Å². The topological polar surface area (TPSA) is 84.1 Å². The number of H-pyrrole nitrogens is 1. The number of carbonyl (C=O) groups excluding carboxylic acids is 1. The largest absolute Gasteiger partial charge is 0.484 e. The van der Waals surface area contributed by atoms with Crippen LogP contribution in [0.5, 0.6) is 5.75 Å². The molecule has 0 aliphatic carbocycles. The molecule has 0 spiro atoms. The number of aromatic nitrogens is 2. The number of hydrogen-bond acceptors (Lipinski definition) is 5. The lowest BCUT2D eigenvalue weighted by atomic mass is 10.2. The van der Waals surface area contributed by atoms with Crippen LogP contribution in [0.15, 0.2) is 58.8 Å². The number of carbonyl (C=O) groups is 1. The van der Waals surface area contributed by atoms with E-state index in [0.717, 1.165) is 11.4 Å². The maximum Gasteiger partial charge on any atom is 0.257 e. The highest BCUT2D eigenvalue weighted by Crippen LogP contribution is 2.25. The third-order valence-electron chi connectivity index (χ3n) is 3.25. The van der Waals surface area contributed by atoms with Crippen molar-refractivity contribution in [2.45, 2.75) is 13.0 Å². The zero-order valence-electron chi connectivity index (χ0n) is 12.9. The van der Waals surface area contributed by atoms with Crippen molar-refractivity contribution in [3.8, 4) is 5.75 Å². The van der Waals surface area contributed by atoms with Gasteiger partial charge in [0.15, 0.2) is 5.13 Å². The van der Waals surface area contributed by atoms with Crippen molar-refractivity contribution in [1.29, 1.82) is 0 Å². The molecular weight excluding hydrogens is 326 g/mol. The van der Waals surface area contributed by atoms with Crippen molar-refractivity contribution in [2.75, 3.05) is 5.32 Å². The number of pyridine rings is 1. The zero-order valence-corrected chi connectivity index (χ0v) is 13.7. The van der Waals surface area contributed by atoms with Gasteiger partial charge in [-0.1, -0.05) is 18.2 Å². The van der Waals surface area contributed by atoms with Gasteiger partial charge in [-0.2, -0.15) is 0 Å². The van der Waals surface area contributed by atoms with E-state index in [1.165, 1.54) is 29.7 Å². The molecule has 0 saturated carbocycles. The lowest BCUT2D eigenvalue weighted by Gasteiger charge is -2.12. The fraction of sp³-hybridized carbons (Fsp3) is 0.118. The number of ether oxygens (including phenoxy) is 1. The standard InChI is InChI=1S/C17H15N3O3S/c1-11(23-13-5-3-2-4-6-13)14-10-24-17(19-14)20-16(22)12-7-8-18-15(21)9-12/h2-11H,1H3,(H,18,21)(H,19,20,22). The van der Waals surface area contributed by atoms with Crippen molar-refractivity contribution < 1.29 is 9.53 Å². The molecule has 0 saturated heterocycles. The molecule has 7 heteroatoms. The molecule has 0 fully saturated rings. The molecule has 1 aromatic carbocycles. The summed E-state index contributed by atoms with van der Waals surface area (Å²) in [7, 11) is 0. The van der Waals surface area contributed by atoms with E-state index in [-0.39, 0.29) is 23.1 Å². The Morgan fingerprint density at radius 3 is 2.83 bits per heavy atom. The average Bonchev–Trinajstić information content (AvgIpc) is 3.04. The maximum absolute atomic E-state index is 12.1.